The van der Waals surface area contributed by atoms with Crippen LogP contribution in [0.2, 0.25) is 0 Å². The Hall–Kier alpha value is -1.84. The molecule has 3 nitrogen and oxygen atoms in total. The minimum Gasteiger partial charge on any atom is -0.399 e. The van der Waals surface area contributed by atoms with Crippen molar-refractivity contribution in [3.05, 3.63) is 53.6 Å². The predicted molar refractivity (Wildman–Crippen MR) is 72.1 cm³/mol. The van der Waals surface area contributed by atoms with Crippen molar-refractivity contribution in [3.63, 3.8) is 0 Å². The van der Waals surface area contributed by atoms with Crippen LogP contribution in [-0.4, -0.2) is 0 Å². The fourth-order valence-corrected chi connectivity index (χ4v) is 2.04. The molecule has 0 saturated heterocycles. The normalized spacial score (nSPS) is 10.5. The van der Waals surface area contributed by atoms with E-state index in [1.807, 2.05) is 36.4 Å². The third kappa shape index (κ3) is 2.30. The minimum atomic E-state index is 0.484. The first kappa shape index (κ1) is 11.6. The Balaban J connectivity index is 2.59. The summed E-state index contributed by atoms with van der Waals surface area (Å²) < 4.78 is 0. The number of nitrogens with two attached hydrogens (primary N) is 3. The zero-order valence-corrected chi connectivity index (χ0v) is 9.69. The number of hydrogen-bond donors (Lipinski definition) is 3. The van der Waals surface area contributed by atoms with Crippen LogP contribution in [0, 0.1) is 0 Å². The quantitative estimate of drug-likeness (QED) is 0.700. The van der Waals surface area contributed by atoms with Crippen molar-refractivity contribution >= 4 is 5.69 Å². The summed E-state index contributed by atoms with van der Waals surface area (Å²) >= 11 is 0. The Kier molecular flexibility index (Phi) is 3.42. The summed E-state index contributed by atoms with van der Waals surface area (Å²) in [6, 6.07) is 13.9. The highest BCUT2D eigenvalue weighted by Crippen LogP contribution is 2.27. The lowest BCUT2D eigenvalue weighted by molar-refractivity contribution is 0.982. The molecule has 0 atom stereocenters. The van der Waals surface area contributed by atoms with E-state index < -0.39 is 0 Å². The van der Waals surface area contributed by atoms with Crippen LogP contribution in [0.5, 0.6) is 0 Å². The maximum absolute atomic E-state index is 5.82. The van der Waals surface area contributed by atoms with Gasteiger partial charge in [-0.15, -0.1) is 0 Å². The summed E-state index contributed by atoms with van der Waals surface area (Å²) in [4.78, 5) is 0. The second-order valence-electron chi connectivity index (χ2n) is 3.98. The molecule has 0 aliphatic carbocycles. The van der Waals surface area contributed by atoms with Gasteiger partial charge in [0.2, 0.25) is 0 Å². The molecule has 0 unspecified atom stereocenters. The summed E-state index contributed by atoms with van der Waals surface area (Å²) in [5.74, 6) is 0. The van der Waals surface area contributed by atoms with Crippen molar-refractivity contribution in [1.82, 2.24) is 0 Å². The second-order valence-corrected chi connectivity index (χ2v) is 3.98. The van der Waals surface area contributed by atoms with Gasteiger partial charge < -0.3 is 17.2 Å². The third-order valence-corrected chi connectivity index (χ3v) is 2.89. The molecule has 6 N–H and O–H groups in total. The van der Waals surface area contributed by atoms with Crippen molar-refractivity contribution in [1.29, 1.82) is 0 Å². The number of rotatable bonds is 3. The van der Waals surface area contributed by atoms with Crippen LogP contribution in [0.1, 0.15) is 11.1 Å². The SMILES string of the molecule is NCc1cccc(-c2cccc(N)c2)c1CN. The molecule has 2 aromatic rings. The molecule has 0 aliphatic rings. The Morgan fingerprint density at radius 1 is 0.882 bits per heavy atom. The van der Waals surface area contributed by atoms with E-state index in [4.69, 9.17) is 17.2 Å². The van der Waals surface area contributed by atoms with Crippen molar-refractivity contribution in [2.75, 3.05) is 5.73 Å². The van der Waals surface area contributed by atoms with Crippen LogP contribution in [0.3, 0.4) is 0 Å². The molecule has 0 bridgehead atoms. The van der Waals surface area contributed by atoms with Crippen LogP contribution in [-0.2, 0) is 13.1 Å². The molecule has 17 heavy (non-hydrogen) atoms. The summed E-state index contributed by atoms with van der Waals surface area (Å²) in [6.07, 6.45) is 0. The van der Waals surface area contributed by atoms with Gasteiger partial charge in [0.15, 0.2) is 0 Å². The zero-order chi connectivity index (χ0) is 12.3. The van der Waals surface area contributed by atoms with E-state index in [-0.39, 0.29) is 0 Å². The van der Waals surface area contributed by atoms with Crippen molar-refractivity contribution < 1.29 is 0 Å². The molecule has 88 valence electrons. The zero-order valence-electron chi connectivity index (χ0n) is 9.69. The topological polar surface area (TPSA) is 78.1 Å². The Labute approximate surface area is 101 Å². The number of nitrogen functional groups attached to an aromatic ring is 1. The van der Waals surface area contributed by atoms with Gasteiger partial charge in [0, 0.05) is 18.8 Å². The van der Waals surface area contributed by atoms with Crippen molar-refractivity contribution in [2.45, 2.75) is 13.1 Å². The van der Waals surface area contributed by atoms with Crippen LogP contribution in [0.25, 0.3) is 11.1 Å². The summed E-state index contributed by atoms with van der Waals surface area (Å²) in [5.41, 5.74) is 22.5. The molecular weight excluding hydrogens is 210 g/mol. The standard InChI is InChI=1S/C14H17N3/c15-8-11-4-2-6-13(14(11)9-16)10-3-1-5-12(17)7-10/h1-7H,8-9,15-17H2. The highest BCUT2D eigenvalue weighted by Gasteiger charge is 2.07. The molecule has 0 spiro atoms. The van der Waals surface area contributed by atoms with E-state index in [1.165, 1.54) is 0 Å². The maximum Gasteiger partial charge on any atom is 0.0320 e. The second kappa shape index (κ2) is 4.99. The molecule has 0 heterocycles. The first-order chi connectivity index (χ1) is 8.26. The number of benzene rings is 2. The highest BCUT2D eigenvalue weighted by molar-refractivity contribution is 5.71. The van der Waals surface area contributed by atoms with E-state index in [0.29, 0.717) is 13.1 Å². The first-order valence-corrected chi connectivity index (χ1v) is 5.63. The van der Waals surface area contributed by atoms with Crippen LogP contribution >= 0.6 is 0 Å². The Morgan fingerprint density at radius 2 is 1.65 bits per heavy atom. The number of hydrogen-bond acceptors (Lipinski definition) is 3. The van der Waals surface area contributed by atoms with Crippen LogP contribution in [0.4, 0.5) is 5.69 Å². The Morgan fingerprint density at radius 3 is 2.29 bits per heavy atom. The average Bonchev–Trinajstić information content (AvgIpc) is 2.37. The van der Waals surface area contributed by atoms with Gasteiger partial charge in [0.25, 0.3) is 0 Å². The summed E-state index contributed by atoms with van der Waals surface area (Å²) in [6.45, 7) is 0.986. The fourth-order valence-electron chi connectivity index (χ4n) is 2.04. The van der Waals surface area contributed by atoms with Gasteiger partial charge in [-0.1, -0.05) is 30.3 Å². The van der Waals surface area contributed by atoms with Gasteiger partial charge >= 0.3 is 0 Å². The van der Waals surface area contributed by atoms with Crippen molar-refractivity contribution in [2.24, 2.45) is 11.5 Å². The van der Waals surface area contributed by atoms with E-state index >= 15 is 0 Å². The molecule has 2 aromatic carbocycles. The minimum absolute atomic E-state index is 0.484. The fraction of sp³-hybridized carbons (Fsp3) is 0.143. The average molecular weight is 227 g/mol. The molecular formula is C14H17N3. The van der Waals surface area contributed by atoms with Gasteiger partial charge in [-0.05, 0) is 34.4 Å². The molecule has 2 rings (SSSR count). The van der Waals surface area contributed by atoms with E-state index in [9.17, 15) is 0 Å². The van der Waals surface area contributed by atoms with Gasteiger partial charge in [-0.2, -0.15) is 0 Å². The third-order valence-electron chi connectivity index (χ3n) is 2.89. The lowest BCUT2D eigenvalue weighted by Gasteiger charge is -2.12. The molecule has 0 radical (unpaired) electrons. The molecule has 0 aliphatic heterocycles. The highest BCUT2D eigenvalue weighted by atomic mass is 14.6. The monoisotopic (exact) mass is 227 g/mol. The summed E-state index contributed by atoms with van der Waals surface area (Å²) in [7, 11) is 0. The molecule has 3 heteroatoms. The lowest BCUT2D eigenvalue weighted by Crippen LogP contribution is -2.07. The summed E-state index contributed by atoms with van der Waals surface area (Å²) in [5, 5.41) is 0. The van der Waals surface area contributed by atoms with Crippen LogP contribution in [0.15, 0.2) is 42.5 Å². The number of anilines is 1. The van der Waals surface area contributed by atoms with Gasteiger partial charge in [0.05, 0.1) is 0 Å². The molecule has 0 amide bonds. The van der Waals surface area contributed by atoms with E-state index in [2.05, 4.69) is 6.07 Å². The largest absolute Gasteiger partial charge is 0.399 e. The lowest BCUT2D eigenvalue weighted by atomic mass is 9.95. The smallest absolute Gasteiger partial charge is 0.0320 e. The van der Waals surface area contributed by atoms with E-state index in [1.54, 1.807) is 0 Å². The van der Waals surface area contributed by atoms with Crippen LogP contribution < -0.4 is 17.2 Å². The molecule has 0 fully saturated rings. The van der Waals surface area contributed by atoms with Gasteiger partial charge in [-0.3, -0.25) is 0 Å². The van der Waals surface area contributed by atoms with Gasteiger partial charge in [-0.25, -0.2) is 0 Å². The van der Waals surface area contributed by atoms with E-state index in [0.717, 1.165) is 27.9 Å². The predicted octanol–water partition coefficient (Wildman–Crippen LogP) is 1.85. The molecule has 0 saturated carbocycles. The first-order valence-electron chi connectivity index (χ1n) is 5.63. The van der Waals surface area contributed by atoms with Gasteiger partial charge in [0.1, 0.15) is 0 Å². The Bertz CT molecular complexity index is 521. The maximum atomic E-state index is 5.82. The molecule has 0 aromatic heterocycles. The van der Waals surface area contributed by atoms with Crippen molar-refractivity contribution in [3.8, 4) is 11.1 Å².